The van der Waals surface area contributed by atoms with Crippen LogP contribution in [-0.4, -0.2) is 24.2 Å². The highest BCUT2D eigenvalue weighted by Gasteiger charge is 2.25. The van der Waals surface area contributed by atoms with Crippen LogP contribution in [0, 0.1) is 5.92 Å². The van der Waals surface area contributed by atoms with E-state index in [1.165, 1.54) is 0 Å². The first kappa shape index (κ1) is 8.53. The molecular weight excluding hydrogens is 142 g/mol. The van der Waals surface area contributed by atoms with E-state index in [1.54, 1.807) is 0 Å². The van der Waals surface area contributed by atoms with Crippen LogP contribution in [0.5, 0.6) is 0 Å². The molecule has 1 rings (SSSR count). The lowest BCUT2D eigenvalue weighted by molar-refractivity contribution is -0.143. The highest BCUT2D eigenvalue weighted by atomic mass is 16.4. The Morgan fingerprint density at radius 3 is 2.82 bits per heavy atom. The van der Waals surface area contributed by atoms with Crippen LogP contribution in [-0.2, 0) is 4.79 Å². The molecule has 1 aliphatic rings. The van der Waals surface area contributed by atoms with Gasteiger partial charge in [0.15, 0.2) is 0 Å². The lowest BCUT2D eigenvalue weighted by atomic mass is 9.86. The fourth-order valence-corrected chi connectivity index (χ4v) is 1.68. The normalized spacial score (nSPS) is 31.7. The lowest BCUT2D eigenvalue weighted by Crippen LogP contribution is -2.34. The second-order valence-electron chi connectivity index (χ2n) is 3.19. The summed E-state index contributed by atoms with van der Waals surface area (Å²) in [4.78, 5) is 10.6. The SMILES string of the molecule is CN[C@@H]1CCC[C@H](C(=O)O)C1. The van der Waals surface area contributed by atoms with Crippen molar-refractivity contribution < 1.29 is 9.90 Å². The van der Waals surface area contributed by atoms with Crippen molar-refractivity contribution in [3.05, 3.63) is 0 Å². The van der Waals surface area contributed by atoms with Gasteiger partial charge in [0.1, 0.15) is 0 Å². The van der Waals surface area contributed by atoms with Crippen molar-refractivity contribution in [2.75, 3.05) is 7.05 Å². The number of carbonyl (C=O) groups is 1. The first-order valence-electron chi connectivity index (χ1n) is 4.14. The molecule has 0 aromatic heterocycles. The van der Waals surface area contributed by atoms with Crippen molar-refractivity contribution in [3.63, 3.8) is 0 Å². The fourth-order valence-electron chi connectivity index (χ4n) is 1.68. The summed E-state index contributed by atoms with van der Waals surface area (Å²) >= 11 is 0. The summed E-state index contributed by atoms with van der Waals surface area (Å²) in [6.07, 6.45) is 3.82. The molecule has 0 amide bonds. The standard InChI is InChI=1S/C8H15NO2/c1-9-7-4-2-3-6(5-7)8(10)11/h6-7,9H,2-5H2,1H3,(H,10,11)/t6-,7+/m0/s1. The number of rotatable bonds is 2. The maximum absolute atomic E-state index is 10.6. The molecule has 1 aliphatic carbocycles. The molecule has 0 spiro atoms. The Hall–Kier alpha value is -0.570. The Labute approximate surface area is 66.8 Å². The average Bonchev–Trinajstić information content (AvgIpc) is 2.05. The summed E-state index contributed by atoms with van der Waals surface area (Å²) in [5.41, 5.74) is 0. The molecule has 1 fully saturated rings. The lowest BCUT2D eigenvalue weighted by Gasteiger charge is -2.25. The Kier molecular flexibility index (Phi) is 2.88. The Bertz CT molecular complexity index is 147. The van der Waals surface area contributed by atoms with Gasteiger partial charge in [-0.3, -0.25) is 4.79 Å². The van der Waals surface area contributed by atoms with Crippen LogP contribution in [0.3, 0.4) is 0 Å². The van der Waals surface area contributed by atoms with Crippen molar-refractivity contribution in [1.29, 1.82) is 0 Å². The van der Waals surface area contributed by atoms with E-state index in [9.17, 15) is 4.79 Å². The highest BCUT2D eigenvalue weighted by Crippen LogP contribution is 2.23. The second kappa shape index (κ2) is 3.72. The summed E-state index contributed by atoms with van der Waals surface area (Å²) in [7, 11) is 1.90. The van der Waals surface area contributed by atoms with Gasteiger partial charge in [0.25, 0.3) is 0 Å². The van der Waals surface area contributed by atoms with Gasteiger partial charge in [0, 0.05) is 6.04 Å². The third kappa shape index (κ3) is 2.19. The van der Waals surface area contributed by atoms with Crippen molar-refractivity contribution in [2.45, 2.75) is 31.7 Å². The molecule has 3 heteroatoms. The van der Waals surface area contributed by atoms with Crippen molar-refractivity contribution in [1.82, 2.24) is 5.32 Å². The van der Waals surface area contributed by atoms with E-state index in [0.717, 1.165) is 25.7 Å². The van der Waals surface area contributed by atoms with Gasteiger partial charge in [0.05, 0.1) is 5.92 Å². The molecule has 2 atom stereocenters. The van der Waals surface area contributed by atoms with Gasteiger partial charge in [-0.25, -0.2) is 0 Å². The number of aliphatic carboxylic acids is 1. The van der Waals surface area contributed by atoms with E-state index >= 15 is 0 Å². The summed E-state index contributed by atoms with van der Waals surface area (Å²) in [6, 6.07) is 0.421. The minimum absolute atomic E-state index is 0.110. The largest absolute Gasteiger partial charge is 0.481 e. The van der Waals surface area contributed by atoms with E-state index in [-0.39, 0.29) is 5.92 Å². The van der Waals surface area contributed by atoms with Crippen LogP contribution in [0.2, 0.25) is 0 Å². The molecule has 0 aromatic carbocycles. The Morgan fingerprint density at radius 2 is 2.27 bits per heavy atom. The van der Waals surface area contributed by atoms with Crippen LogP contribution in [0.15, 0.2) is 0 Å². The second-order valence-corrected chi connectivity index (χ2v) is 3.19. The highest BCUT2D eigenvalue weighted by molar-refractivity contribution is 5.70. The van der Waals surface area contributed by atoms with Gasteiger partial charge in [-0.2, -0.15) is 0 Å². The minimum Gasteiger partial charge on any atom is -0.481 e. The van der Waals surface area contributed by atoms with Crippen LogP contribution < -0.4 is 5.32 Å². The van der Waals surface area contributed by atoms with Gasteiger partial charge in [-0.15, -0.1) is 0 Å². The van der Waals surface area contributed by atoms with E-state index in [0.29, 0.717) is 6.04 Å². The Balaban J connectivity index is 2.39. The minimum atomic E-state index is -0.634. The maximum atomic E-state index is 10.6. The van der Waals surface area contributed by atoms with Gasteiger partial charge in [-0.1, -0.05) is 6.42 Å². The Morgan fingerprint density at radius 1 is 1.55 bits per heavy atom. The quantitative estimate of drug-likeness (QED) is 0.624. The third-order valence-electron chi connectivity index (χ3n) is 2.43. The van der Waals surface area contributed by atoms with Crippen LogP contribution in [0.25, 0.3) is 0 Å². The molecule has 2 N–H and O–H groups in total. The maximum Gasteiger partial charge on any atom is 0.306 e. The third-order valence-corrected chi connectivity index (χ3v) is 2.43. The fraction of sp³-hybridized carbons (Fsp3) is 0.875. The van der Waals surface area contributed by atoms with Gasteiger partial charge in [0.2, 0.25) is 0 Å². The van der Waals surface area contributed by atoms with E-state index in [1.807, 2.05) is 7.05 Å². The van der Waals surface area contributed by atoms with E-state index in [2.05, 4.69) is 5.32 Å². The van der Waals surface area contributed by atoms with E-state index < -0.39 is 5.97 Å². The molecule has 0 aliphatic heterocycles. The zero-order chi connectivity index (χ0) is 8.27. The van der Waals surface area contributed by atoms with Gasteiger partial charge >= 0.3 is 5.97 Å². The molecule has 0 radical (unpaired) electrons. The summed E-state index contributed by atoms with van der Waals surface area (Å²) in [6.45, 7) is 0. The first-order valence-corrected chi connectivity index (χ1v) is 4.14. The van der Waals surface area contributed by atoms with Gasteiger partial charge < -0.3 is 10.4 Å². The zero-order valence-electron chi connectivity index (χ0n) is 6.84. The van der Waals surface area contributed by atoms with Crippen LogP contribution >= 0.6 is 0 Å². The van der Waals surface area contributed by atoms with Gasteiger partial charge in [-0.05, 0) is 26.3 Å². The first-order chi connectivity index (χ1) is 5.24. The van der Waals surface area contributed by atoms with Crippen LogP contribution in [0.4, 0.5) is 0 Å². The number of nitrogens with one attached hydrogen (secondary N) is 1. The average molecular weight is 157 g/mol. The molecule has 1 saturated carbocycles. The zero-order valence-corrected chi connectivity index (χ0v) is 6.84. The van der Waals surface area contributed by atoms with Crippen LogP contribution in [0.1, 0.15) is 25.7 Å². The molecule has 0 saturated heterocycles. The van der Waals surface area contributed by atoms with Crippen molar-refractivity contribution >= 4 is 5.97 Å². The summed E-state index contributed by atoms with van der Waals surface area (Å²) in [5.74, 6) is -0.744. The molecular formula is C8H15NO2. The number of carboxylic acid groups (broad SMARTS) is 1. The molecule has 64 valence electrons. The molecule has 0 bridgehead atoms. The molecule has 0 aromatic rings. The molecule has 11 heavy (non-hydrogen) atoms. The number of carboxylic acids is 1. The summed E-state index contributed by atoms with van der Waals surface area (Å²) < 4.78 is 0. The molecule has 0 unspecified atom stereocenters. The number of hydrogen-bond donors (Lipinski definition) is 2. The topological polar surface area (TPSA) is 49.3 Å². The smallest absolute Gasteiger partial charge is 0.306 e. The molecule has 3 nitrogen and oxygen atoms in total. The van der Waals surface area contributed by atoms with E-state index in [4.69, 9.17) is 5.11 Å². The van der Waals surface area contributed by atoms with Crippen molar-refractivity contribution in [3.8, 4) is 0 Å². The van der Waals surface area contributed by atoms with Crippen molar-refractivity contribution in [2.24, 2.45) is 5.92 Å². The summed E-state index contributed by atoms with van der Waals surface area (Å²) in [5, 5.41) is 11.8. The monoisotopic (exact) mass is 157 g/mol. The number of hydrogen-bond acceptors (Lipinski definition) is 2. The predicted molar refractivity (Wildman–Crippen MR) is 42.4 cm³/mol. The molecule has 0 heterocycles. The predicted octanol–water partition coefficient (Wildman–Crippen LogP) is 0.849.